The number of carbonyl (C=O) groups excluding carboxylic acids is 2. The van der Waals surface area contributed by atoms with Crippen molar-refractivity contribution in [3.8, 4) is 0 Å². The predicted octanol–water partition coefficient (Wildman–Crippen LogP) is 1.90. The second-order valence-corrected chi connectivity index (χ2v) is 6.63. The molecule has 1 unspecified atom stereocenters. The van der Waals surface area contributed by atoms with Crippen LogP contribution in [0.1, 0.15) is 31.9 Å². The summed E-state index contributed by atoms with van der Waals surface area (Å²) < 4.78 is 21.4. The monoisotopic (exact) mass is 388 g/mol. The number of hydrogen-bond acceptors (Lipinski definition) is 6. The highest BCUT2D eigenvalue weighted by molar-refractivity contribution is 5.99. The molecular formula is C18H21FN6O3. The van der Waals surface area contributed by atoms with Gasteiger partial charge in [-0.2, -0.15) is 0 Å². The summed E-state index contributed by atoms with van der Waals surface area (Å²) >= 11 is 0. The van der Waals surface area contributed by atoms with Gasteiger partial charge in [-0.15, -0.1) is 5.10 Å². The second kappa shape index (κ2) is 8.15. The molecule has 1 saturated heterocycles. The van der Waals surface area contributed by atoms with Gasteiger partial charge < -0.3 is 15.5 Å². The summed E-state index contributed by atoms with van der Waals surface area (Å²) in [7, 11) is 0. The zero-order chi connectivity index (χ0) is 20.3. The van der Waals surface area contributed by atoms with Crippen LogP contribution in [-0.4, -0.2) is 51.9 Å². The van der Waals surface area contributed by atoms with Crippen LogP contribution in [-0.2, 0) is 9.53 Å². The third kappa shape index (κ3) is 4.33. The van der Waals surface area contributed by atoms with E-state index >= 15 is 0 Å². The van der Waals surface area contributed by atoms with Crippen molar-refractivity contribution in [1.82, 2.24) is 20.3 Å². The topological polar surface area (TPSA) is 113 Å². The summed E-state index contributed by atoms with van der Waals surface area (Å²) in [5.41, 5.74) is 0.631. The Balaban J connectivity index is 1.67. The van der Waals surface area contributed by atoms with Crippen LogP contribution in [0, 0.1) is 11.2 Å². The SMILES string of the molecule is CC(=O)NC[C@H]1CN(c2ccc(C(=N)CC(C)n3ccnn3)c(F)c2)C(=O)O1. The summed E-state index contributed by atoms with van der Waals surface area (Å²) in [4.78, 5) is 24.3. The van der Waals surface area contributed by atoms with Gasteiger partial charge in [-0.25, -0.2) is 13.9 Å². The van der Waals surface area contributed by atoms with Crippen molar-refractivity contribution in [2.45, 2.75) is 32.4 Å². The fourth-order valence-electron chi connectivity index (χ4n) is 2.96. The first kappa shape index (κ1) is 19.5. The molecule has 148 valence electrons. The van der Waals surface area contributed by atoms with Crippen LogP contribution < -0.4 is 10.2 Å². The number of amides is 2. The Bertz CT molecular complexity index is 885. The average Bonchev–Trinajstić information content (AvgIpc) is 3.29. The van der Waals surface area contributed by atoms with E-state index in [1.165, 1.54) is 24.0 Å². The molecule has 9 nitrogen and oxygen atoms in total. The molecule has 1 aliphatic heterocycles. The van der Waals surface area contributed by atoms with Gasteiger partial charge in [0.25, 0.3) is 0 Å². The van der Waals surface area contributed by atoms with Gasteiger partial charge in [-0.1, -0.05) is 5.21 Å². The van der Waals surface area contributed by atoms with Gasteiger partial charge in [-0.05, 0) is 25.1 Å². The van der Waals surface area contributed by atoms with Crippen molar-refractivity contribution in [3.63, 3.8) is 0 Å². The normalized spacial score (nSPS) is 17.3. The van der Waals surface area contributed by atoms with Gasteiger partial charge in [0, 0.05) is 30.8 Å². The minimum Gasteiger partial charge on any atom is -0.442 e. The van der Waals surface area contributed by atoms with Gasteiger partial charge in [0.15, 0.2) is 0 Å². The number of carbonyl (C=O) groups is 2. The van der Waals surface area contributed by atoms with Crippen LogP contribution in [0.25, 0.3) is 0 Å². The molecule has 1 aromatic carbocycles. The van der Waals surface area contributed by atoms with E-state index in [4.69, 9.17) is 10.1 Å². The zero-order valence-electron chi connectivity index (χ0n) is 15.6. The first-order chi connectivity index (χ1) is 13.3. The lowest BCUT2D eigenvalue weighted by atomic mass is 10.0. The highest BCUT2D eigenvalue weighted by atomic mass is 19.1. The average molecular weight is 388 g/mol. The van der Waals surface area contributed by atoms with E-state index in [0.29, 0.717) is 5.69 Å². The van der Waals surface area contributed by atoms with Crippen molar-refractivity contribution in [1.29, 1.82) is 5.41 Å². The van der Waals surface area contributed by atoms with Gasteiger partial charge in [0.2, 0.25) is 5.91 Å². The van der Waals surface area contributed by atoms with Crippen molar-refractivity contribution >= 4 is 23.4 Å². The molecule has 2 N–H and O–H groups in total. The number of benzene rings is 1. The summed E-state index contributed by atoms with van der Waals surface area (Å²) in [6.07, 6.45) is 2.42. The van der Waals surface area contributed by atoms with E-state index in [-0.39, 0.29) is 42.7 Å². The molecule has 0 radical (unpaired) electrons. The van der Waals surface area contributed by atoms with Crippen molar-refractivity contribution in [2.75, 3.05) is 18.0 Å². The summed E-state index contributed by atoms with van der Waals surface area (Å²) in [6.45, 7) is 3.65. The quantitative estimate of drug-likeness (QED) is 0.704. The largest absolute Gasteiger partial charge is 0.442 e. The molecule has 3 rings (SSSR count). The van der Waals surface area contributed by atoms with Gasteiger partial charge in [0.05, 0.1) is 31.0 Å². The molecular weight excluding hydrogens is 367 g/mol. The summed E-state index contributed by atoms with van der Waals surface area (Å²) in [5.74, 6) is -0.810. The Hall–Kier alpha value is -3.30. The lowest BCUT2D eigenvalue weighted by Gasteiger charge is -2.16. The number of rotatable bonds is 7. The first-order valence-corrected chi connectivity index (χ1v) is 8.81. The van der Waals surface area contributed by atoms with Gasteiger partial charge in [-0.3, -0.25) is 9.69 Å². The van der Waals surface area contributed by atoms with E-state index in [1.807, 2.05) is 6.92 Å². The Morgan fingerprint density at radius 2 is 2.29 bits per heavy atom. The van der Waals surface area contributed by atoms with E-state index in [2.05, 4.69) is 15.6 Å². The van der Waals surface area contributed by atoms with Crippen LogP contribution >= 0.6 is 0 Å². The molecule has 1 aromatic heterocycles. The highest BCUT2D eigenvalue weighted by Crippen LogP contribution is 2.25. The predicted molar refractivity (Wildman–Crippen MR) is 98.9 cm³/mol. The molecule has 10 heteroatoms. The molecule has 1 aliphatic rings. The lowest BCUT2D eigenvalue weighted by Crippen LogP contribution is -2.33. The van der Waals surface area contributed by atoms with E-state index < -0.39 is 18.0 Å². The molecule has 0 aliphatic carbocycles. The van der Waals surface area contributed by atoms with Crippen LogP contribution in [0.5, 0.6) is 0 Å². The molecule has 2 atom stereocenters. The number of nitrogens with zero attached hydrogens (tertiary/aromatic N) is 4. The Morgan fingerprint density at radius 1 is 1.50 bits per heavy atom. The van der Waals surface area contributed by atoms with Crippen molar-refractivity contribution < 1.29 is 18.7 Å². The fraction of sp³-hybridized carbons (Fsp3) is 0.389. The zero-order valence-corrected chi connectivity index (χ0v) is 15.6. The van der Waals surface area contributed by atoms with Crippen LogP contribution in [0.2, 0.25) is 0 Å². The smallest absolute Gasteiger partial charge is 0.414 e. The molecule has 28 heavy (non-hydrogen) atoms. The fourth-order valence-corrected chi connectivity index (χ4v) is 2.96. The maximum Gasteiger partial charge on any atom is 0.414 e. The number of ether oxygens (including phenoxy) is 1. The lowest BCUT2D eigenvalue weighted by molar-refractivity contribution is -0.119. The first-order valence-electron chi connectivity index (χ1n) is 8.81. The molecule has 0 bridgehead atoms. The van der Waals surface area contributed by atoms with E-state index in [9.17, 15) is 14.0 Å². The van der Waals surface area contributed by atoms with Crippen molar-refractivity contribution in [2.24, 2.45) is 0 Å². The van der Waals surface area contributed by atoms with E-state index in [0.717, 1.165) is 0 Å². The summed E-state index contributed by atoms with van der Waals surface area (Å²) in [6, 6.07) is 4.13. The van der Waals surface area contributed by atoms with Gasteiger partial charge in [0.1, 0.15) is 11.9 Å². The van der Waals surface area contributed by atoms with Crippen molar-refractivity contribution in [3.05, 3.63) is 42.0 Å². The maximum atomic E-state index is 14.6. The molecule has 2 aromatic rings. The Morgan fingerprint density at radius 3 is 2.93 bits per heavy atom. The van der Waals surface area contributed by atoms with Gasteiger partial charge >= 0.3 is 6.09 Å². The van der Waals surface area contributed by atoms with E-state index in [1.54, 1.807) is 23.1 Å². The van der Waals surface area contributed by atoms with Crippen LogP contribution in [0.3, 0.4) is 0 Å². The molecule has 0 saturated carbocycles. The number of hydrogen-bond donors (Lipinski definition) is 2. The second-order valence-electron chi connectivity index (χ2n) is 6.63. The number of halogens is 1. The Labute approximate surface area is 161 Å². The standard InChI is InChI=1S/C18H21FN6O3/c1-11(25-6-5-22-23-25)7-17(20)15-4-3-13(8-16(15)19)24-10-14(28-18(24)27)9-21-12(2)26/h3-6,8,11,14,20H,7,9-10H2,1-2H3,(H,21,26)/t11?,14-/m0/s1. The van der Waals surface area contributed by atoms with Crippen LogP contribution in [0.4, 0.5) is 14.9 Å². The third-order valence-electron chi connectivity index (χ3n) is 4.43. The molecule has 2 amide bonds. The molecule has 2 heterocycles. The number of nitrogens with one attached hydrogen (secondary N) is 2. The number of anilines is 1. The van der Waals surface area contributed by atoms with Crippen LogP contribution in [0.15, 0.2) is 30.6 Å². The highest BCUT2D eigenvalue weighted by Gasteiger charge is 2.32. The maximum absolute atomic E-state index is 14.6. The minimum absolute atomic E-state index is 0.125. The Kier molecular flexibility index (Phi) is 5.67. The number of cyclic esters (lactones) is 1. The molecule has 1 fully saturated rings. The number of aromatic nitrogens is 3. The summed E-state index contributed by atoms with van der Waals surface area (Å²) in [5, 5.41) is 18.4. The molecule has 0 spiro atoms. The minimum atomic E-state index is -0.600. The third-order valence-corrected chi connectivity index (χ3v) is 4.43.